The van der Waals surface area contributed by atoms with E-state index in [-0.39, 0.29) is 12.1 Å². The van der Waals surface area contributed by atoms with Crippen LogP contribution in [-0.2, 0) is 19.6 Å². The van der Waals surface area contributed by atoms with Crippen molar-refractivity contribution >= 4 is 11.3 Å². The minimum absolute atomic E-state index is 0.146. The maximum atomic E-state index is 12.6. The molecule has 0 aliphatic rings. The molecule has 0 aliphatic heterocycles. The lowest BCUT2D eigenvalue weighted by molar-refractivity contribution is -0.137. The van der Waals surface area contributed by atoms with Crippen LogP contribution in [0.5, 0.6) is 0 Å². The van der Waals surface area contributed by atoms with Crippen molar-refractivity contribution in [3.8, 4) is 0 Å². The number of aryl methyl sites for hydroxylation is 2. The Kier molecular flexibility index (Phi) is 3.46. The van der Waals surface area contributed by atoms with Gasteiger partial charge in [-0.05, 0) is 24.6 Å². The standard InChI is InChI=1S/C15H13F3N4O/c1-8-19-12-13(22(8)2)20-11(14(23)21-12)7-9-3-5-10(6-4-9)15(16,17)18/h3-6H,7H2,1-2H3,(H,21,23). The van der Waals surface area contributed by atoms with Gasteiger partial charge in [-0.15, -0.1) is 0 Å². The summed E-state index contributed by atoms with van der Waals surface area (Å²) in [5.41, 5.74) is 0.626. The maximum Gasteiger partial charge on any atom is 0.416 e. The van der Waals surface area contributed by atoms with Gasteiger partial charge in [-0.1, -0.05) is 12.1 Å². The molecule has 0 fully saturated rings. The lowest BCUT2D eigenvalue weighted by Crippen LogP contribution is -2.16. The third-order valence-corrected chi connectivity index (χ3v) is 3.68. The second kappa shape index (κ2) is 5.22. The van der Waals surface area contributed by atoms with E-state index in [0.29, 0.717) is 22.7 Å². The van der Waals surface area contributed by atoms with Crippen molar-refractivity contribution in [2.45, 2.75) is 19.5 Å². The number of aromatic nitrogens is 4. The topological polar surface area (TPSA) is 63.6 Å². The molecule has 0 atom stereocenters. The lowest BCUT2D eigenvalue weighted by atomic mass is 10.1. The Morgan fingerprint density at radius 1 is 1.17 bits per heavy atom. The highest BCUT2D eigenvalue weighted by Crippen LogP contribution is 2.29. The highest BCUT2D eigenvalue weighted by atomic mass is 19.4. The Morgan fingerprint density at radius 3 is 2.43 bits per heavy atom. The summed E-state index contributed by atoms with van der Waals surface area (Å²) < 4.78 is 39.4. The average Bonchev–Trinajstić information content (AvgIpc) is 2.74. The van der Waals surface area contributed by atoms with Gasteiger partial charge in [0.2, 0.25) is 0 Å². The van der Waals surface area contributed by atoms with Crippen LogP contribution in [0.15, 0.2) is 29.1 Å². The Labute approximate surface area is 128 Å². The van der Waals surface area contributed by atoms with Crippen LogP contribution >= 0.6 is 0 Å². The predicted molar refractivity (Wildman–Crippen MR) is 78.1 cm³/mol. The van der Waals surface area contributed by atoms with Gasteiger partial charge in [0.15, 0.2) is 11.3 Å². The van der Waals surface area contributed by atoms with Gasteiger partial charge in [0.05, 0.1) is 5.56 Å². The van der Waals surface area contributed by atoms with Crippen LogP contribution in [0.2, 0.25) is 0 Å². The molecule has 120 valence electrons. The second-order valence-corrected chi connectivity index (χ2v) is 5.27. The molecule has 0 bridgehead atoms. The van der Waals surface area contributed by atoms with E-state index in [9.17, 15) is 18.0 Å². The van der Waals surface area contributed by atoms with Crippen molar-refractivity contribution in [1.29, 1.82) is 0 Å². The van der Waals surface area contributed by atoms with Crippen LogP contribution in [0.1, 0.15) is 22.6 Å². The minimum Gasteiger partial charge on any atom is -0.315 e. The summed E-state index contributed by atoms with van der Waals surface area (Å²) in [5.74, 6) is 0.704. The summed E-state index contributed by atoms with van der Waals surface area (Å²) in [6.07, 6.45) is -4.23. The molecule has 2 aromatic heterocycles. The summed E-state index contributed by atoms with van der Waals surface area (Å²) in [5, 5.41) is 0. The van der Waals surface area contributed by atoms with Gasteiger partial charge >= 0.3 is 6.18 Å². The molecule has 0 saturated heterocycles. The third-order valence-electron chi connectivity index (χ3n) is 3.68. The van der Waals surface area contributed by atoms with E-state index >= 15 is 0 Å². The number of hydrogen-bond donors (Lipinski definition) is 1. The van der Waals surface area contributed by atoms with Crippen LogP contribution < -0.4 is 5.56 Å². The van der Waals surface area contributed by atoms with Gasteiger partial charge in [-0.3, -0.25) is 4.79 Å². The number of imidazole rings is 1. The van der Waals surface area contributed by atoms with E-state index in [4.69, 9.17) is 0 Å². The Morgan fingerprint density at radius 2 is 1.83 bits per heavy atom. The molecule has 1 N–H and O–H groups in total. The highest BCUT2D eigenvalue weighted by Gasteiger charge is 2.29. The Hall–Kier alpha value is -2.64. The fraction of sp³-hybridized carbons (Fsp3) is 0.267. The van der Waals surface area contributed by atoms with Crippen molar-refractivity contribution in [2.75, 3.05) is 0 Å². The molecule has 8 heteroatoms. The van der Waals surface area contributed by atoms with Crippen LogP contribution in [0.25, 0.3) is 11.3 Å². The Bertz CT molecular complexity index is 923. The van der Waals surface area contributed by atoms with Crippen LogP contribution in [0.3, 0.4) is 0 Å². The molecule has 1 aromatic carbocycles. The molecule has 0 unspecified atom stereocenters. The highest BCUT2D eigenvalue weighted by molar-refractivity contribution is 5.66. The van der Waals surface area contributed by atoms with E-state index < -0.39 is 17.3 Å². The number of rotatable bonds is 2. The van der Waals surface area contributed by atoms with E-state index in [1.54, 1.807) is 18.5 Å². The SMILES string of the molecule is Cc1nc2[nH]c(=O)c(Cc3ccc(C(F)(F)F)cc3)nc2n1C. The number of nitrogens with one attached hydrogen (secondary N) is 1. The summed E-state index contributed by atoms with van der Waals surface area (Å²) >= 11 is 0. The minimum atomic E-state index is -4.38. The van der Waals surface area contributed by atoms with E-state index in [1.165, 1.54) is 12.1 Å². The molecule has 2 heterocycles. The zero-order valence-corrected chi connectivity index (χ0v) is 12.4. The molecule has 23 heavy (non-hydrogen) atoms. The smallest absolute Gasteiger partial charge is 0.315 e. The molecule has 3 rings (SSSR count). The number of aromatic amines is 1. The van der Waals surface area contributed by atoms with Crippen LogP contribution in [-0.4, -0.2) is 19.5 Å². The van der Waals surface area contributed by atoms with Gasteiger partial charge in [-0.25, -0.2) is 9.97 Å². The number of H-pyrrole nitrogens is 1. The monoisotopic (exact) mass is 322 g/mol. The van der Waals surface area contributed by atoms with Gasteiger partial charge in [0.1, 0.15) is 11.5 Å². The molecule has 0 amide bonds. The second-order valence-electron chi connectivity index (χ2n) is 5.27. The largest absolute Gasteiger partial charge is 0.416 e. The fourth-order valence-corrected chi connectivity index (χ4v) is 2.29. The first-order chi connectivity index (χ1) is 10.8. The van der Waals surface area contributed by atoms with Crippen molar-refractivity contribution < 1.29 is 13.2 Å². The summed E-state index contributed by atoms with van der Waals surface area (Å²) in [6, 6.07) is 4.69. The fourth-order valence-electron chi connectivity index (χ4n) is 2.29. The first kappa shape index (κ1) is 15.3. The number of benzene rings is 1. The van der Waals surface area contributed by atoms with Crippen molar-refractivity contribution in [1.82, 2.24) is 19.5 Å². The number of halogens is 3. The molecule has 5 nitrogen and oxygen atoms in total. The maximum absolute atomic E-state index is 12.6. The normalized spacial score (nSPS) is 12.0. The molecule has 0 spiro atoms. The lowest BCUT2D eigenvalue weighted by Gasteiger charge is -2.07. The summed E-state index contributed by atoms with van der Waals surface area (Å²) in [7, 11) is 1.78. The number of alkyl halides is 3. The van der Waals surface area contributed by atoms with Crippen LogP contribution in [0.4, 0.5) is 13.2 Å². The first-order valence-electron chi connectivity index (χ1n) is 6.84. The third kappa shape index (κ3) is 2.84. The molecular weight excluding hydrogens is 309 g/mol. The molecule has 0 saturated carbocycles. The van der Waals surface area contributed by atoms with Crippen LogP contribution in [0, 0.1) is 6.92 Å². The average molecular weight is 322 g/mol. The van der Waals surface area contributed by atoms with Crippen molar-refractivity contribution in [3.05, 3.63) is 57.3 Å². The van der Waals surface area contributed by atoms with E-state index in [2.05, 4.69) is 15.0 Å². The van der Waals surface area contributed by atoms with Gasteiger partial charge < -0.3 is 9.55 Å². The zero-order valence-electron chi connectivity index (χ0n) is 12.4. The van der Waals surface area contributed by atoms with E-state index in [1.807, 2.05) is 0 Å². The number of nitrogens with zero attached hydrogens (tertiary/aromatic N) is 3. The van der Waals surface area contributed by atoms with E-state index in [0.717, 1.165) is 12.1 Å². The number of hydrogen-bond acceptors (Lipinski definition) is 3. The first-order valence-corrected chi connectivity index (χ1v) is 6.84. The molecule has 3 aromatic rings. The van der Waals surface area contributed by atoms with Gasteiger partial charge in [0, 0.05) is 13.5 Å². The quantitative estimate of drug-likeness (QED) is 0.789. The predicted octanol–water partition coefficient (Wildman–Crippen LogP) is 2.57. The van der Waals surface area contributed by atoms with Crippen molar-refractivity contribution in [2.24, 2.45) is 7.05 Å². The zero-order chi connectivity index (χ0) is 16.8. The number of fused-ring (bicyclic) bond motifs is 1. The molecular formula is C15H13F3N4O. The van der Waals surface area contributed by atoms with Gasteiger partial charge in [0.25, 0.3) is 5.56 Å². The Balaban J connectivity index is 1.96. The summed E-state index contributed by atoms with van der Waals surface area (Å²) in [4.78, 5) is 23.2. The summed E-state index contributed by atoms with van der Waals surface area (Å²) in [6.45, 7) is 1.79. The van der Waals surface area contributed by atoms with Gasteiger partial charge in [-0.2, -0.15) is 13.2 Å². The molecule has 0 radical (unpaired) electrons. The molecule has 0 aliphatic carbocycles. The van der Waals surface area contributed by atoms with Crippen molar-refractivity contribution in [3.63, 3.8) is 0 Å².